The lowest BCUT2D eigenvalue weighted by atomic mass is 10.00. The first-order valence-corrected chi connectivity index (χ1v) is 12.4. The van der Waals surface area contributed by atoms with Gasteiger partial charge in [0.2, 0.25) is 11.7 Å². The van der Waals surface area contributed by atoms with Crippen LogP contribution in [0.25, 0.3) is 0 Å². The van der Waals surface area contributed by atoms with Crippen molar-refractivity contribution in [2.75, 3.05) is 0 Å². The van der Waals surface area contributed by atoms with Crippen LogP contribution in [-0.2, 0) is 20.8 Å². The summed E-state index contributed by atoms with van der Waals surface area (Å²) in [6, 6.07) is 2.76. The average molecular weight is 560 g/mol. The Hall–Kier alpha value is -2.82. The molecule has 0 unspecified atom stereocenters. The lowest BCUT2D eigenvalue weighted by Crippen LogP contribution is -2.54. The number of rotatable bonds is 12. The number of phenols is 1. The van der Waals surface area contributed by atoms with Crippen molar-refractivity contribution in [1.29, 1.82) is 0 Å². The lowest BCUT2D eigenvalue weighted by molar-refractivity contribution is -0.140. The van der Waals surface area contributed by atoms with Gasteiger partial charge in [0.1, 0.15) is 5.82 Å². The number of ketones is 1. The Morgan fingerprint density at radius 1 is 1.05 bits per heavy atom. The lowest BCUT2D eigenvalue weighted by Gasteiger charge is -2.27. The van der Waals surface area contributed by atoms with Crippen molar-refractivity contribution in [3.05, 3.63) is 63.4 Å². The SMILES string of the molecule is CC[C@H](NC(=O)[C@H](Cc1cc(Cl)c(O)c(Cl)c1)N[C@@H](c1ccc(F)cc1)C(F)F)C(=O)C(=O)NC1CC1. The van der Waals surface area contributed by atoms with Crippen LogP contribution in [0.4, 0.5) is 13.2 Å². The molecule has 3 atom stereocenters. The van der Waals surface area contributed by atoms with Crippen LogP contribution in [0.3, 0.4) is 0 Å². The van der Waals surface area contributed by atoms with E-state index in [0.717, 1.165) is 25.0 Å². The van der Waals surface area contributed by atoms with Crippen LogP contribution < -0.4 is 16.0 Å². The number of benzene rings is 2. The largest absolute Gasteiger partial charge is 0.505 e. The Labute approximate surface area is 221 Å². The molecule has 3 rings (SSSR count). The molecule has 2 aromatic rings. The molecule has 1 fully saturated rings. The maximum atomic E-state index is 14.0. The molecule has 0 heterocycles. The van der Waals surface area contributed by atoms with Gasteiger partial charge in [-0.15, -0.1) is 0 Å². The summed E-state index contributed by atoms with van der Waals surface area (Å²) in [5.74, 6) is -3.49. The second-order valence-corrected chi connectivity index (χ2v) is 9.59. The Morgan fingerprint density at radius 3 is 2.16 bits per heavy atom. The minimum Gasteiger partial charge on any atom is -0.505 e. The molecule has 0 spiro atoms. The predicted octanol–water partition coefficient (Wildman–Crippen LogP) is 4.09. The van der Waals surface area contributed by atoms with Crippen LogP contribution in [0.5, 0.6) is 5.75 Å². The standard InChI is InChI=1S/C25H26Cl2F3N3O4/c1-2-18(22(35)25(37)31-15-7-8-15)33-24(36)19(11-12-9-16(26)21(34)17(27)10-12)32-20(23(29)30)13-3-5-14(28)6-4-13/h3-6,9-10,15,18-20,23,32,34H,2,7-8,11H2,1H3,(H,31,37)(H,33,36)/t18-,19-,20-/m0/s1. The zero-order chi connectivity index (χ0) is 27.3. The zero-order valence-corrected chi connectivity index (χ0v) is 21.3. The number of alkyl halides is 2. The molecule has 37 heavy (non-hydrogen) atoms. The molecule has 0 aromatic heterocycles. The van der Waals surface area contributed by atoms with Gasteiger partial charge in [-0.25, -0.2) is 13.2 Å². The van der Waals surface area contributed by atoms with Gasteiger partial charge in [-0.2, -0.15) is 0 Å². The monoisotopic (exact) mass is 559 g/mol. The number of amides is 2. The van der Waals surface area contributed by atoms with Crippen LogP contribution in [0, 0.1) is 5.82 Å². The minimum atomic E-state index is -2.99. The summed E-state index contributed by atoms with van der Waals surface area (Å²) in [4.78, 5) is 38.1. The average Bonchev–Trinajstić information content (AvgIpc) is 3.67. The van der Waals surface area contributed by atoms with Gasteiger partial charge in [-0.1, -0.05) is 42.3 Å². The van der Waals surface area contributed by atoms with Crippen LogP contribution in [0.15, 0.2) is 36.4 Å². The molecule has 12 heteroatoms. The van der Waals surface area contributed by atoms with Gasteiger partial charge >= 0.3 is 0 Å². The van der Waals surface area contributed by atoms with E-state index in [1.54, 1.807) is 6.92 Å². The van der Waals surface area contributed by atoms with Crippen molar-refractivity contribution in [1.82, 2.24) is 16.0 Å². The first-order valence-electron chi connectivity index (χ1n) is 11.6. The van der Waals surface area contributed by atoms with Crippen LogP contribution in [-0.4, -0.2) is 47.3 Å². The topological polar surface area (TPSA) is 108 Å². The number of hydrogen-bond acceptors (Lipinski definition) is 5. The second kappa shape index (κ2) is 12.6. The Bertz CT molecular complexity index is 1120. The van der Waals surface area contributed by atoms with E-state index in [1.807, 2.05) is 0 Å². The first kappa shape index (κ1) is 28.7. The molecule has 1 aliphatic carbocycles. The highest BCUT2D eigenvalue weighted by Gasteiger charge is 2.34. The number of carbonyl (C=O) groups excluding carboxylic acids is 3. The summed E-state index contributed by atoms with van der Waals surface area (Å²) in [6.45, 7) is 1.59. The number of nitrogens with one attached hydrogen (secondary N) is 3. The van der Waals surface area contributed by atoms with Gasteiger partial charge in [0.05, 0.1) is 28.2 Å². The van der Waals surface area contributed by atoms with Gasteiger partial charge < -0.3 is 15.7 Å². The quantitative estimate of drug-likeness (QED) is 0.293. The summed E-state index contributed by atoms with van der Waals surface area (Å²) in [5.41, 5.74) is 0.362. The molecule has 2 amide bonds. The highest BCUT2D eigenvalue weighted by molar-refractivity contribution is 6.38. The molecule has 4 N–H and O–H groups in total. The van der Waals surface area contributed by atoms with E-state index in [-0.39, 0.29) is 40.2 Å². The maximum Gasteiger partial charge on any atom is 0.289 e. The van der Waals surface area contributed by atoms with E-state index >= 15 is 0 Å². The van der Waals surface area contributed by atoms with E-state index < -0.39 is 48.0 Å². The molecular formula is C25H26Cl2F3N3O4. The van der Waals surface area contributed by atoms with Crippen molar-refractivity contribution >= 4 is 40.8 Å². The molecule has 0 bridgehead atoms. The van der Waals surface area contributed by atoms with Gasteiger partial charge in [-0.05, 0) is 61.1 Å². The fraction of sp³-hybridized carbons (Fsp3) is 0.400. The summed E-state index contributed by atoms with van der Waals surface area (Å²) >= 11 is 12.0. The number of phenolic OH excluding ortho intramolecular Hbond substituents is 1. The van der Waals surface area contributed by atoms with Gasteiger partial charge in [-0.3, -0.25) is 19.7 Å². The smallest absolute Gasteiger partial charge is 0.289 e. The molecule has 1 aliphatic rings. The van der Waals surface area contributed by atoms with Crippen LogP contribution in [0.2, 0.25) is 10.0 Å². The normalized spacial score (nSPS) is 15.6. The Kier molecular flexibility index (Phi) is 9.80. The van der Waals surface area contributed by atoms with E-state index in [1.165, 1.54) is 24.3 Å². The maximum absolute atomic E-state index is 14.0. The van der Waals surface area contributed by atoms with Crippen molar-refractivity contribution in [2.24, 2.45) is 0 Å². The van der Waals surface area contributed by atoms with Gasteiger partial charge in [0.25, 0.3) is 12.3 Å². The third kappa shape index (κ3) is 7.83. The van der Waals surface area contributed by atoms with Crippen molar-refractivity contribution in [3.8, 4) is 5.75 Å². The molecular weight excluding hydrogens is 534 g/mol. The fourth-order valence-corrected chi connectivity index (χ4v) is 4.20. The molecule has 1 saturated carbocycles. The molecule has 7 nitrogen and oxygen atoms in total. The second-order valence-electron chi connectivity index (χ2n) is 8.78. The number of carbonyl (C=O) groups is 3. The molecule has 0 saturated heterocycles. The molecule has 200 valence electrons. The third-order valence-electron chi connectivity index (χ3n) is 5.87. The summed E-state index contributed by atoms with van der Waals surface area (Å²) in [7, 11) is 0. The highest BCUT2D eigenvalue weighted by atomic mass is 35.5. The molecule has 2 aromatic carbocycles. The van der Waals surface area contributed by atoms with Crippen molar-refractivity contribution < 1.29 is 32.7 Å². The van der Waals surface area contributed by atoms with Crippen molar-refractivity contribution in [3.63, 3.8) is 0 Å². The Morgan fingerprint density at radius 2 is 1.65 bits per heavy atom. The number of aromatic hydroxyl groups is 1. The number of Topliss-reactive ketones (excluding diaryl/α,β-unsaturated/α-hetero) is 1. The minimum absolute atomic E-state index is 0.0305. The molecule has 0 radical (unpaired) electrons. The molecule has 0 aliphatic heterocycles. The van der Waals surface area contributed by atoms with E-state index in [0.29, 0.717) is 5.56 Å². The number of hydrogen-bond donors (Lipinski definition) is 4. The zero-order valence-electron chi connectivity index (χ0n) is 19.7. The van der Waals surface area contributed by atoms with Crippen LogP contribution in [0.1, 0.15) is 43.4 Å². The van der Waals surface area contributed by atoms with E-state index in [9.17, 15) is 32.7 Å². The predicted molar refractivity (Wildman–Crippen MR) is 132 cm³/mol. The fourth-order valence-electron chi connectivity index (χ4n) is 3.67. The Balaban J connectivity index is 1.86. The highest BCUT2D eigenvalue weighted by Crippen LogP contribution is 2.33. The van der Waals surface area contributed by atoms with E-state index in [4.69, 9.17) is 23.2 Å². The summed E-state index contributed by atoms with van der Waals surface area (Å²) in [5, 5.41) is 17.2. The number of halogens is 5. The first-order chi connectivity index (χ1) is 17.5. The van der Waals surface area contributed by atoms with E-state index in [2.05, 4.69) is 16.0 Å². The van der Waals surface area contributed by atoms with Gasteiger partial charge in [0, 0.05) is 6.04 Å². The third-order valence-corrected chi connectivity index (χ3v) is 6.45. The van der Waals surface area contributed by atoms with Crippen LogP contribution >= 0.6 is 23.2 Å². The van der Waals surface area contributed by atoms with Crippen molar-refractivity contribution in [2.45, 2.75) is 63.2 Å². The summed E-state index contributed by atoms with van der Waals surface area (Å²) in [6.07, 6.45) is -1.58. The van der Waals surface area contributed by atoms with Gasteiger partial charge in [0.15, 0.2) is 5.75 Å². The summed E-state index contributed by atoms with van der Waals surface area (Å²) < 4.78 is 41.5.